The van der Waals surface area contributed by atoms with Gasteiger partial charge in [0.1, 0.15) is 6.04 Å². The van der Waals surface area contributed by atoms with Gasteiger partial charge in [0, 0.05) is 17.3 Å². The van der Waals surface area contributed by atoms with E-state index in [-0.39, 0.29) is 11.8 Å². The molecule has 2 heterocycles. The van der Waals surface area contributed by atoms with Gasteiger partial charge in [-0.25, -0.2) is 9.78 Å². The SMILES string of the molecule is CC[C@H](C)[C@@H](NC(=O)c1cnc2n[nH]c(C)c2c1)C(=O)OC. The van der Waals surface area contributed by atoms with Crippen LogP contribution < -0.4 is 5.32 Å². The number of nitrogens with one attached hydrogen (secondary N) is 2. The Morgan fingerprint density at radius 2 is 2.18 bits per heavy atom. The normalized spacial score (nSPS) is 13.6. The van der Waals surface area contributed by atoms with Gasteiger partial charge in [-0.2, -0.15) is 5.10 Å². The van der Waals surface area contributed by atoms with E-state index in [2.05, 4.69) is 20.5 Å². The average molecular weight is 304 g/mol. The van der Waals surface area contributed by atoms with E-state index in [0.29, 0.717) is 11.2 Å². The molecule has 0 aliphatic heterocycles. The predicted octanol–water partition coefficient (Wildman–Crippen LogP) is 1.58. The molecule has 0 aromatic carbocycles. The Bertz CT molecular complexity index is 695. The Morgan fingerprint density at radius 3 is 2.82 bits per heavy atom. The summed E-state index contributed by atoms with van der Waals surface area (Å²) in [7, 11) is 1.31. The van der Waals surface area contributed by atoms with Crippen molar-refractivity contribution in [3.63, 3.8) is 0 Å². The third-order valence-corrected chi connectivity index (χ3v) is 3.82. The smallest absolute Gasteiger partial charge is 0.328 e. The number of esters is 1. The first kappa shape index (κ1) is 15.9. The van der Waals surface area contributed by atoms with Gasteiger partial charge < -0.3 is 10.1 Å². The summed E-state index contributed by atoms with van der Waals surface area (Å²) >= 11 is 0. The molecule has 22 heavy (non-hydrogen) atoms. The Kier molecular flexibility index (Phi) is 4.75. The number of H-pyrrole nitrogens is 1. The molecule has 1 amide bonds. The van der Waals surface area contributed by atoms with Crippen molar-refractivity contribution in [2.45, 2.75) is 33.2 Å². The summed E-state index contributed by atoms with van der Waals surface area (Å²) < 4.78 is 4.76. The number of hydrogen-bond donors (Lipinski definition) is 2. The van der Waals surface area contributed by atoms with Gasteiger partial charge in [-0.05, 0) is 18.9 Å². The first-order valence-electron chi connectivity index (χ1n) is 7.17. The van der Waals surface area contributed by atoms with Crippen LogP contribution in [0.25, 0.3) is 11.0 Å². The van der Waals surface area contributed by atoms with Crippen LogP contribution in [0.3, 0.4) is 0 Å². The van der Waals surface area contributed by atoms with E-state index < -0.39 is 12.0 Å². The highest BCUT2D eigenvalue weighted by atomic mass is 16.5. The minimum Gasteiger partial charge on any atom is -0.467 e. The number of ether oxygens (including phenoxy) is 1. The van der Waals surface area contributed by atoms with Crippen molar-refractivity contribution >= 4 is 22.9 Å². The zero-order valence-corrected chi connectivity index (χ0v) is 13.1. The largest absolute Gasteiger partial charge is 0.467 e. The highest BCUT2D eigenvalue weighted by molar-refractivity contribution is 5.99. The molecule has 2 rings (SSSR count). The van der Waals surface area contributed by atoms with Gasteiger partial charge in [0.25, 0.3) is 5.91 Å². The number of pyridine rings is 1. The number of hydrogen-bond acceptors (Lipinski definition) is 5. The molecule has 0 aliphatic rings. The lowest BCUT2D eigenvalue weighted by Gasteiger charge is -2.21. The number of amides is 1. The van der Waals surface area contributed by atoms with Crippen LogP contribution in [0, 0.1) is 12.8 Å². The number of aromatic amines is 1. The third-order valence-electron chi connectivity index (χ3n) is 3.82. The summed E-state index contributed by atoms with van der Waals surface area (Å²) in [4.78, 5) is 28.4. The highest BCUT2D eigenvalue weighted by Crippen LogP contribution is 2.15. The molecule has 2 aromatic rings. The summed E-state index contributed by atoms with van der Waals surface area (Å²) in [5.74, 6) is -0.828. The van der Waals surface area contributed by atoms with E-state index >= 15 is 0 Å². The molecule has 0 bridgehead atoms. The molecule has 118 valence electrons. The van der Waals surface area contributed by atoms with Gasteiger partial charge in [0.15, 0.2) is 5.65 Å². The molecular weight excluding hydrogens is 284 g/mol. The number of rotatable bonds is 5. The maximum Gasteiger partial charge on any atom is 0.328 e. The number of nitrogens with zero attached hydrogens (tertiary/aromatic N) is 2. The Balaban J connectivity index is 2.24. The molecule has 2 aromatic heterocycles. The quantitative estimate of drug-likeness (QED) is 0.817. The van der Waals surface area contributed by atoms with Crippen molar-refractivity contribution in [3.8, 4) is 0 Å². The number of aromatic nitrogens is 3. The summed E-state index contributed by atoms with van der Waals surface area (Å²) in [6.45, 7) is 5.70. The van der Waals surface area contributed by atoms with E-state index in [4.69, 9.17) is 4.74 Å². The van der Waals surface area contributed by atoms with Crippen LogP contribution in [-0.2, 0) is 9.53 Å². The lowest BCUT2D eigenvalue weighted by atomic mass is 9.99. The minimum atomic E-state index is -0.677. The van der Waals surface area contributed by atoms with Gasteiger partial charge in [0.2, 0.25) is 0 Å². The fourth-order valence-corrected chi connectivity index (χ4v) is 2.16. The monoisotopic (exact) mass is 304 g/mol. The fourth-order valence-electron chi connectivity index (χ4n) is 2.16. The number of carbonyl (C=O) groups excluding carboxylic acids is 2. The molecule has 0 spiro atoms. The van der Waals surface area contributed by atoms with E-state index in [9.17, 15) is 9.59 Å². The molecule has 7 heteroatoms. The van der Waals surface area contributed by atoms with Crippen LogP contribution in [0.5, 0.6) is 0 Å². The van der Waals surface area contributed by atoms with Crippen LogP contribution in [0.2, 0.25) is 0 Å². The van der Waals surface area contributed by atoms with Crippen LogP contribution in [0.15, 0.2) is 12.3 Å². The Hall–Kier alpha value is -2.44. The minimum absolute atomic E-state index is 0.0243. The molecule has 7 nitrogen and oxygen atoms in total. The number of methoxy groups -OCH3 is 1. The molecular formula is C15H20N4O3. The highest BCUT2D eigenvalue weighted by Gasteiger charge is 2.27. The summed E-state index contributed by atoms with van der Waals surface area (Å²) in [6, 6.07) is 1.03. The maximum absolute atomic E-state index is 12.4. The van der Waals surface area contributed by atoms with Crippen molar-refractivity contribution in [2.75, 3.05) is 7.11 Å². The van der Waals surface area contributed by atoms with Gasteiger partial charge >= 0.3 is 5.97 Å². The van der Waals surface area contributed by atoms with Crippen molar-refractivity contribution in [2.24, 2.45) is 5.92 Å². The predicted molar refractivity (Wildman–Crippen MR) is 81.4 cm³/mol. The van der Waals surface area contributed by atoms with E-state index in [1.165, 1.54) is 13.3 Å². The topological polar surface area (TPSA) is 97.0 Å². The lowest BCUT2D eigenvalue weighted by Crippen LogP contribution is -2.45. The lowest BCUT2D eigenvalue weighted by molar-refractivity contribution is -0.144. The van der Waals surface area contributed by atoms with Gasteiger partial charge in [-0.15, -0.1) is 0 Å². The molecule has 0 unspecified atom stereocenters. The molecule has 0 saturated heterocycles. The number of aryl methyl sites for hydroxylation is 1. The molecule has 0 aliphatic carbocycles. The second-order valence-electron chi connectivity index (χ2n) is 5.30. The zero-order chi connectivity index (χ0) is 16.3. The van der Waals surface area contributed by atoms with Crippen LogP contribution in [-0.4, -0.2) is 40.2 Å². The van der Waals surface area contributed by atoms with Crippen molar-refractivity contribution < 1.29 is 14.3 Å². The second-order valence-corrected chi connectivity index (χ2v) is 5.30. The molecule has 0 radical (unpaired) electrons. The van der Waals surface area contributed by atoms with Crippen LogP contribution in [0.1, 0.15) is 36.3 Å². The fraction of sp³-hybridized carbons (Fsp3) is 0.467. The summed E-state index contributed by atoms with van der Waals surface area (Å²) in [5.41, 5.74) is 1.78. The van der Waals surface area contributed by atoms with E-state index in [1.54, 1.807) is 6.07 Å². The van der Waals surface area contributed by atoms with Crippen molar-refractivity contribution in [3.05, 3.63) is 23.5 Å². The van der Waals surface area contributed by atoms with Crippen LogP contribution >= 0.6 is 0 Å². The standard InChI is InChI=1S/C15H20N4O3/c1-5-8(2)12(15(21)22-4)17-14(20)10-6-11-9(3)18-19-13(11)16-7-10/h6-8,12H,5H2,1-4H3,(H,17,20)(H,16,18,19)/t8-,12+/m0/s1. The molecule has 2 atom stereocenters. The first-order valence-corrected chi connectivity index (χ1v) is 7.17. The number of carbonyl (C=O) groups is 2. The summed E-state index contributed by atoms with van der Waals surface area (Å²) in [6.07, 6.45) is 2.20. The molecule has 0 saturated carbocycles. The van der Waals surface area contributed by atoms with E-state index in [1.807, 2.05) is 20.8 Å². The average Bonchev–Trinajstić information content (AvgIpc) is 2.91. The van der Waals surface area contributed by atoms with Crippen molar-refractivity contribution in [1.82, 2.24) is 20.5 Å². The van der Waals surface area contributed by atoms with E-state index in [0.717, 1.165) is 17.5 Å². The summed E-state index contributed by atoms with van der Waals surface area (Å²) in [5, 5.41) is 10.4. The first-order chi connectivity index (χ1) is 10.5. The second kappa shape index (κ2) is 6.55. The van der Waals surface area contributed by atoms with Gasteiger partial charge in [-0.1, -0.05) is 20.3 Å². The molecule has 2 N–H and O–H groups in total. The molecule has 0 fully saturated rings. The van der Waals surface area contributed by atoms with Gasteiger partial charge in [0.05, 0.1) is 12.7 Å². The van der Waals surface area contributed by atoms with Crippen LogP contribution in [0.4, 0.5) is 0 Å². The third kappa shape index (κ3) is 3.08. The Labute approximate surface area is 128 Å². The van der Waals surface area contributed by atoms with Crippen molar-refractivity contribution in [1.29, 1.82) is 0 Å². The maximum atomic E-state index is 12.4. The van der Waals surface area contributed by atoms with Gasteiger partial charge in [-0.3, -0.25) is 9.89 Å². The number of fused-ring (bicyclic) bond motifs is 1. The Morgan fingerprint density at radius 1 is 1.45 bits per heavy atom. The zero-order valence-electron chi connectivity index (χ0n) is 13.1.